The maximum absolute atomic E-state index is 13.0. The summed E-state index contributed by atoms with van der Waals surface area (Å²) in [5.74, 6) is 2.48. The zero-order valence-corrected chi connectivity index (χ0v) is 25.9. The van der Waals surface area contributed by atoms with Gasteiger partial charge in [0, 0.05) is 68.9 Å². The number of carbonyl (C=O) groups excluding carboxylic acids is 1. The highest BCUT2D eigenvalue weighted by molar-refractivity contribution is 5.86. The first-order chi connectivity index (χ1) is 20.2. The van der Waals surface area contributed by atoms with Gasteiger partial charge < -0.3 is 33.7 Å². The largest absolute Gasteiger partial charge is 0.496 e. The third-order valence-electron chi connectivity index (χ3n) is 7.63. The van der Waals surface area contributed by atoms with Gasteiger partial charge in [0.2, 0.25) is 5.91 Å². The highest BCUT2D eigenvalue weighted by Crippen LogP contribution is 2.34. The van der Waals surface area contributed by atoms with Gasteiger partial charge >= 0.3 is 0 Å². The quantitative estimate of drug-likeness (QED) is 0.289. The lowest BCUT2D eigenvalue weighted by Gasteiger charge is -2.34. The molecule has 3 aromatic rings. The summed E-state index contributed by atoms with van der Waals surface area (Å²) in [4.78, 5) is 29.8. The van der Waals surface area contributed by atoms with Crippen LogP contribution in [-0.2, 0) is 4.79 Å². The molecule has 0 radical (unpaired) electrons. The van der Waals surface area contributed by atoms with Gasteiger partial charge in [0.15, 0.2) is 5.43 Å². The van der Waals surface area contributed by atoms with E-state index in [4.69, 9.17) is 18.6 Å². The zero-order chi connectivity index (χ0) is 30.2. The Morgan fingerprint density at radius 3 is 2.17 bits per heavy atom. The number of amides is 1. The van der Waals surface area contributed by atoms with E-state index in [1.54, 1.807) is 19.2 Å². The van der Waals surface area contributed by atoms with E-state index < -0.39 is 0 Å². The fourth-order valence-electron chi connectivity index (χ4n) is 5.53. The zero-order valence-electron chi connectivity index (χ0n) is 25.9. The molecule has 0 saturated carbocycles. The molecular formula is C33H45N3O6. The van der Waals surface area contributed by atoms with E-state index in [0.717, 1.165) is 74.6 Å². The molecule has 4 rings (SSSR count). The van der Waals surface area contributed by atoms with Gasteiger partial charge in [-0.2, -0.15) is 0 Å². The standard InChI is InChI=1S/C33H45N3O6/c1-22(2)34-31(38)9-7-10-35-12-14-36(15-13-35)11-8-16-41-33-23(3)17-25(18-24(33)4)28-21-27(37)32-29(40-6)19-26(39-5)20-30(32)42-28/h17-22H,7-16H2,1-6H3,(H,34,38). The van der Waals surface area contributed by atoms with Gasteiger partial charge in [-0.25, -0.2) is 0 Å². The number of nitrogens with one attached hydrogen (secondary N) is 1. The second-order valence-electron chi connectivity index (χ2n) is 11.3. The molecule has 1 aliphatic heterocycles. The van der Waals surface area contributed by atoms with Gasteiger partial charge in [0.05, 0.1) is 20.8 Å². The van der Waals surface area contributed by atoms with Crippen LogP contribution in [0.2, 0.25) is 0 Å². The van der Waals surface area contributed by atoms with Crippen LogP contribution in [-0.4, -0.2) is 81.8 Å². The number of methoxy groups -OCH3 is 2. The van der Waals surface area contributed by atoms with Crippen molar-refractivity contribution >= 4 is 16.9 Å². The number of ether oxygens (including phenoxy) is 3. The Balaban J connectivity index is 1.28. The van der Waals surface area contributed by atoms with Gasteiger partial charge in [-0.15, -0.1) is 0 Å². The molecule has 9 heteroatoms. The van der Waals surface area contributed by atoms with E-state index in [2.05, 4.69) is 15.1 Å². The van der Waals surface area contributed by atoms with Crippen LogP contribution < -0.4 is 25.0 Å². The predicted molar refractivity (Wildman–Crippen MR) is 166 cm³/mol. The van der Waals surface area contributed by atoms with E-state index in [1.165, 1.54) is 13.2 Å². The van der Waals surface area contributed by atoms with Crippen molar-refractivity contribution in [1.29, 1.82) is 0 Å². The molecule has 2 aromatic carbocycles. The Morgan fingerprint density at radius 1 is 0.929 bits per heavy atom. The first kappa shape index (κ1) is 31.4. The van der Waals surface area contributed by atoms with Crippen LogP contribution in [0.25, 0.3) is 22.3 Å². The van der Waals surface area contributed by atoms with Crippen molar-refractivity contribution < 1.29 is 23.4 Å². The Morgan fingerprint density at radius 2 is 1.57 bits per heavy atom. The van der Waals surface area contributed by atoms with Gasteiger partial charge in [-0.1, -0.05) is 0 Å². The van der Waals surface area contributed by atoms with Crippen LogP contribution in [0.3, 0.4) is 0 Å². The van der Waals surface area contributed by atoms with Crippen LogP contribution in [0.15, 0.2) is 39.5 Å². The van der Waals surface area contributed by atoms with Crippen molar-refractivity contribution in [2.45, 2.75) is 53.0 Å². The molecule has 1 aromatic heterocycles. The molecule has 1 fully saturated rings. The molecule has 0 atom stereocenters. The molecule has 42 heavy (non-hydrogen) atoms. The maximum atomic E-state index is 13.0. The number of aryl methyl sites for hydroxylation is 2. The number of hydrogen-bond donors (Lipinski definition) is 1. The topological polar surface area (TPSA) is 93.5 Å². The Kier molecular flexibility index (Phi) is 10.9. The van der Waals surface area contributed by atoms with Crippen LogP contribution in [0.1, 0.15) is 44.2 Å². The Hall–Kier alpha value is -3.56. The third-order valence-corrected chi connectivity index (χ3v) is 7.63. The van der Waals surface area contributed by atoms with Gasteiger partial charge in [0.1, 0.15) is 34.0 Å². The molecule has 2 heterocycles. The second-order valence-corrected chi connectivity index (χ2v) is 11.3. The summed E-state index contributed by atoms with van der Waals surface area (Å²) in [6.07, 6.45) is 2.44. The number of carbonyl (C=O) groups is 1. The molecule has 0 aliphatic carbocycles. The lowest BCUT2D eigenvalue weighted by atomic mass is 10.0. The molecule has 0 unspecified atom stereocenters. The van der Waals surface area contributed by atoms with Crippen molar-refractivity contribution in [3.8, 4) is 28.6 Å². The third kappa shape index (κ3) is 8.04. The van der Waals surface area contributed by atoms with E-state index in [9.17, 15) is 9.59 Å². The number of benzene rings is 2. The Bertz CT molecular complexity index is 1400. The van der Waals surface area contributed by atoms with Crippen LogP contribution in [0.4, 0.5) is 0 Å². The molecule has 9 nitrogen and oxygen atoms in total. The van der Waals surface area contributed by atoms with E-state index in [1.807, 2.05) is 39.8 Å². The van der Waals surface area contributed by atoms with Crippen molar-refractivity contribution in [1.82, 2.24) is 15.1 Å². The minimum Gasteiger partial charge on any atom is -0.496 e. The van der Waals surface area contributed by atoms with Crippen LogP contribution >= 0.6 is 0 Å². The fraction of sp³-hybridized carbons (Fsp3) is 0.515. The van der Waals surface area contributed by atoms with Crippen molar-refractivity contribution in [3.05, 3.63) is 51.7 Å². The molecular weight excluding hydrogens is 534 g/mol. The number of piperazine rings is 1. The van der Waals surface area contributed by atoms with Crippen LogP contribution in [0, 0.1) is 13.8 Å². The number of nitrogens with zero attached hydrogens (tertiary/aromatic N) is 2. The van der Waals surface area contributed by atoms with E-state index in [-0.39, 0.29) is 17.4 Å². The summed E-state index contributed by atoms with van der Waals surface area (Å²) in [5, 5.41) is 3.35. The molecule has 1 saturated heterocycles. The van der Waals surface area contributed by atoms with Crippen LogP contribution in [0.5, 0.6) is 17.2 Å². The smallest absolute Gasteiger partial charge is 0.220 e. The SMILES string of the molecule is COc1cc(OC)c2c(=O)cc(-c3cc(C)c(OCCCN4CCN(CCCC(=O)NC(C)C)CC4)c(C)c3)oc2c1. The van der Waals surface area contributed by atoms with Gasteiger partial charge in [-0.3, -0.25) is 9.59 Å². The van der Waals surface area contributed by atoms with E-state index >= 15 is 0 Å². The normalized spacial score (nSPS) is 14.4. The molecule has 1 N–H and O–H groups in total. The number of rotatable bonds is 13. The van der Waals surface area contributed by atoms with Crippen molar-refractivity contribution in [2.24, 2.45) is 0 Å². The second kappa shape index (κ2) is 14.6. The highest BCUT2D eigenvalue weighted by atomic mass is 16.5. The minimum atomic E-state index is -0.170. The average molecular weight is 580 g/mol. The monoisotopic (exact) mass is 579 g/mol. The Labute approximate surface area is 248 Å². The molecule has 0 spiro atoms. The van der Waals surface area contributed by atoms with Crippen molar-refractivity contribution in [2.75, 3.05) is 60.1 Å². The molecule has 1 aliphatic rings. The minimum absolute atomic E-state index is 0.145. The summed E-state index contributed by atoms with van der Waals surface area (Å²) in [7, 11) is 3.09. The lowest BCUT2D eigenvalue weighted by Crippen LogP contribution is -2.47. The first-order valence-electron chi connectivity index (χ1n) is 14.9. The lowest BCUT2D eigenvalue weighted by molar-refractivity contribution is -0.121. The number of fused-ring (bicyclic) bond motifs is 1. The predicted octanol–water partition coefficient (Wildman–Crippen LogP) is 4.79. The molecule has 228 valence electrons. The highest BCUT2D eigenvalue weighted by Gasteiger charge is 2.18. The summed E-state index contributed by atoms with van der Waals surface area (Å²) >= 11 is 0. The summed E-state index contributed by atoms with van der Waals surface area (Å²) in [5.41, 5.74) is 3.05. The summed E-state index contributed by atoms with van der Waals surface area (Å²) in [6.45, 7) is 14.8. The number of hydrogen-bond acceptors (Lipinski definition) is 8. The van der Waals surface area contributed by atoms with Crippen molar-refractivity contribution in [3.63, 3.8) is 0 Å². The fourth-order valence-corrected chi connectivity index (χ4v) is 5.53. The summed E-state index contributed by atoms with van der Waals surface area (Å²) in [6, 6.07) is 9.08. The summed E-state index contributed by atoms with van der Waals surface area (Å²) < 4.78 is 23.1. The molecule has 1 amide bonds. The van der Waals surface area contributed by atoms with Gasteiger partial charge in [0.25, 0.3) is 0 Å². The maximum Gasteiger partial charge on any atom is 0.220 e. The van der Waals surface area contributed by atoms with Gasteiger partial charge in [-0.05, 0) is 70.3 Å². The average Bonchev–Trinajstić information content (AvgIpc) is 2.95. The molecule has 0 bridgehead atoms. The first-order valence-corrected chi connectivity index (χ1v) is 14.9. The van der Waals surface area contributed by atoms with E-state index in [0.29, 0.717) is 41.3 Å².